The van der Waals surface area contributed by atoms with Crippen LogP contribution < -0.4 is 0 Å². The molecule has 0 aromatic carbocycles. The quantitative estimate of drug-likeness (QED) is 0.667. The second kappa shape index (κ2) is 3.81. The van der Waals surface area contributed by atoms with Crippen LogP contribution in [0.3, 0.4) is 0 Å². The molecule has 0 aliphatic rings. The van der Waals surface area contributed by atoms with Crippen LogP contribution >= 0.6 is 18.5 Å². The van der Waals surface area contributed by atoms with Crippen LogP contribution in [-0.4, -0.2) is 4.98 Å². The van der Waals surface area contributed by atoms with Crippen molar-refractivity contribution in [2.75, 3.05) is 0 Å². The molecule has 0 aliphatic carbocycles. The molecule has 3 heteroatoms. The molecule has 1 aromatic rings. The summed E-state index contributed by atoms with van der Waals surface area (Å²) in [5, 5.41) is 0. The maximum absolute atomic E-state index is 4.38. The van der Waals surface area contributed by atoms with Gasteiger partial charge in [0.2, 0.25) is 0 Å². The summed E-state index contributed by atoms with van der Waals surface area (Å²) < 4.78 is 0. The molecule has 1 nitrogen and oxygen atoms in total. The summed E-state index contributed by atoms with van der Waals surface area (Å²) in [5.74, 6) is 0. The van der Waals surface area contributed by atoms with Crippen LogP contribution in [0.15, 0.2) is 18.3 Å². The van der Waals surface area contributed by atoms with Gasteiger partial charge in [-0.2, -0.15) is 0 Å². The minimum Gasteiger partial charge on any atom is -0.260 e. The van der Waals surface area contributed by atoms with Crippen molar-refractivity contribution in [3.05, 3.63) is 29.6 Å². The van der Waals surface area contributed by atoms with Gasteiger partial charge in [0.25, 0.3) is 0 Å². The Kier molecular flexibility index (Phi) is 3.21. The van der Waals surface area contributed by atoms with E-state index in [9.17, 15) is 0 Å². The zero-order valence-corrected chi connectivity index (χ0v) is 9.85. The normalized spacial score (nSPS) is 11.7. The fourth-order valence-corrected chi connectivity index (χ4v) is 1.27. The van der Waals surface area contributed by atoms with Crippen molar-refractivity contribution < 1.29 is 0 Å². The SMILES string of the molecule is CCC(P)(P)c1ccc(C)cn1. The number of hydrogen-bond donors (Lipinski definition) is 0. The maximum Gasteiger partial charge on any atom is 0.0540 e. The molecule has 1 rings (SSSR count). The fourth-order valence-electron chi connectivity index (χ4n) is 0.924. The molecule has 0 radical (unpaired) electrons. The van der Waals surface area contributed by atoms with Gasteiger partial charge in [-0.15, -0.1) is 18.5 Å². The zero-order valence-electron chi connectivity index (χ0n) is 7.54. The van der Waals surface area contributed by atoms with Crippen LogP contribution in [0.25, 0.3) is 0 Å². The number of nitrogens with zero attached hydrogens (tertiary/aromatic N) is 1. The largest absolute Gasteiger partial charge is 0.260 e. The molecule has 0 amide bonds. The maximum atomic E-state index is 4.38. The standard InChI is InChI=1S/C9H15NP2/c1-3-9(11,12)8-5-4-7(2)6-10-8/h4-6H,3,11-12H2,1-2H3. The first-order valence-corrected chi connectivity index (χ1v) is 5.22. The fraction of sp³-hybridized carbons (Fsp3) is 0.444. The Labute approximate surface area is 78.8 Å². The molecule has 66 valence electrons. The lowest BCUT2D eigenvalue weighted by atomic mass is 10.2. The van der Waals surface area contributed by atoms with Gasteiger partial charge < -0.3 is 0 Å². The molecule has 1 heterocycles. The summed E-state index contributed by atoms with van der Waals surface area (Å²) >= 11 is 0. The van der Waals surface area contributed by atoms with Gasteiger partial charge in [-0.25, -0.2) is 0 Å². The first-order valence-electron chi connectivity index (χ1n) is 4.07. The van der Waals surface area contributed by atoms with E-state index in [0.717, 1.165) is 12.1 Å². The van der Waals surface area contributed by atoms with Gasteiger partial charge in [-0.05, 0) is 25.0 Å². The predicted octanol–water partition coefficient (Wildman–Crippen LogP) is 2.70. The van der Waals surface area contributed by atoms with E-state index in [2.05, 4.69) is 49.4 Å². The molecule has 12 heavy (non-hydrogen) atoms. The molecule has 0 bridgehead atoms. The summed E-state index contributed by atoms with van der Waals surface area (Å²) in [4.78, 5) is 4.43. The molecular weight excluding hydrogens is 184 g/mol. The van der Waals surface area contributed by atoms with Crippen molar-refractivity contribution in [3.8, 4) is 0 Å². The number of hydrogen-bond acceptors (Lipinski definition) is 1. The molecule has 0 saturated carbocycles. The molecule has 0 aliphatic heterocycles. The molecule has 0 spiro atoms. The highest BCUT2D eigenvalue weighted by molar-refractivity contribution is 7.39. The minimum absolute atomic E-state index is 0.0493. The first kappa shape index (κ1) is 10.1. The smallest absolute Gasteiger partial charge is 0.0540 e. The van der Waals surface area contributed by atoms with E-state index in [1.807, 2.05) is 6.20 Å². The Bertz CT molecular complexity index is 254. The molecular formula is C9H15NP2. The minimum atomic E-state index is 0.0493. The van der Waals surface area contributed by atoms with Crippen LogP contribution in [0.4, 0.5) is 0 Å². The van der Waals surface area contributed by atoms with Gasteiger partial charge in [0.15, 0.2) is 0 Å². The van der Waals surface area contributed by atoms with Gasteiger partial charge in [0.05, 0.1) is 5.69 Å². The highest BCUT2D eigenvalue weighted by atomic mass is 31.1. The van der Waals surface area contributed by atoms with Crippen LogP contribution in [0, 0.1) is 6.92 Å². The average molecular weight is 199 g/mol. The Balaban J connectivity index is 2.96. The van der Waals surface area contributed by atoms with Gasteiger partial charge in [-0.3, -0.25) is 4.98 Å². The molecule has 2 unspecified atom stereocenters. The second-order valence-electron chi connectivity index (χ2n) is 3.11. The van der Waals surface area contributed by atoms with Crippen molar-refractivity contribution in [2.24, 2.45) is 0 Å². The number of pyridine rings is 1. The number of aromatic nitrogens is 1. The highest BCUT2D eigenvalue weighted by Gasteiger charge is 2.19. The van der Waals surface area contributed by atoms with E-state index >= 15 is 0 Å². The van der Waals surface area contributed by atoms with Gasteiger partial charge in [-0.1, -0.05) is 13.0 Å². The Morgan fingerprint density at radius 3 is 2.50 bits per heavy atom. The lowest BCUT2D eigenvalue weighted by molar-refractivity contribution is 0.798. The lowest BCUT2D eigenvalue weighted by Gasteiger charge is -2.21. The predicted molar refractivity (Wildman–Crippen MR) is 60.4 cm³/mol. The topological polar surface area (TPSA) is 12.9 Å². The van der Waals surface area contributed by atoms with E-state index in [-0.39, 0.29) is 4.90 Å². The monoisotopic (exact) mass is 199 g/mol. The Morgan fingerprint density at radius 1 is 1.42 bits per heavy atom. The molecule has 0 fully saturated rings. The highest BCUT2D eigenvalue weighted by Crippen LogP contribution is 2.40. The summed E-state index contributed by atoms with van der Waals surface area (Å²) in [7, 11) is 5.65. The molecule has 1 aromatic heterocycles. The number of aryl methyl sites for hydroxylation is 1. The average Bonchev–Trinajstić information content (AvgIpc) is 2.05. The van der Waals surface area contributed by atoms with Crippen molar-refractivity contribution in [3.63, 3.8) is 0 Å². The molecule has 2 atom stereocenters. The van der Waals surface area contributed by atoms with Crippen molar-refractivity contribution in [2.45, 2.75) is 25.2 Å². The molecule has 0 N–H and O–H groups in total. The summed E-state index contributed by atoms with van der Waals surface area (Å²) in [6.07, 6.45) is 2.96. The molecule has 0 saturated heterocycles. The first-order chi connectivity index (χ1) is 5.56. The van der Waals surface area contributed by atoms with Crippen molar-refractivity contribution >= 4 is 18.5 Å². The third-order valence-corrected chi connectivity index (χ3v) is 3.38. The van der Waals surface area contributed by atoms with Crippen LogP contribution in [-0.2, 0) is 4.90 Å². The second-order valence-corrected chi connectivity index (χ2v) is 5.84. The van der Waals surface area contributed by atoms with Crippen LogP contribution in [0.1, 0.15) is 24.6 Å². The van der Waals surface area contributed by atoms with Gasteiger partial charge >= 0.3 is 0 Å². The van der Waals surface area contributed by atoms with E-state index < -0.39 is 0 Å². The van der Waals surface area contributed by atoms with E-state index in [1.54, 1.807) is 0 Å². The number of rotatable bonds is 2. The van der Waals surface area contributed by atoms with Gasteiger partial charge in [0.1, 0.15) is 0 Å². The van der Waals surface area contributed by atoms with Crippen LogP contribution in [0.2, 0.25) is 0 Å². The summed E-state index contributed by atoms with van der Waals surface area (Å²) in [6, 6.07) is 4.18. The van der Waals surface area contributed by atoms with E-state index in [1.165, 1.54) is 5.56 Å². The lowest BCUT2D eigenvalue weighted by Crippen LogP contribution is -2.08. The Hall–Kier alpha value is 0.01000. The van der Waals surface area contributed by atoms with Gasteiger partial charge in [0, 0.05) is 11.1 Å². The van der Waals surface area contributed by atoms with Crippen molar-refractivity contribution in [1.29, 1.82) is 0 Å². The third-order valence-electron chi connectivity index (χ3n) is 1.97. The third kappa shape index (κ3) is 2.25. The summed E-state index contributed by atoms with van der Waals surface area (Å²) in [6.45, 7) is 4.21. The van der Waals surface area contributed by atoms with E-state index in [0.29, 0.717) is 0 Å². The Morgan fingerprint density at radius 2 is 2.08 bits per heavy atom. The summed E-state index contributed by atoms with van der Waals surface area (Å²) in [5.41, 5.74) is 2.33. The van der Waals surface area contributed by atoms with Crippen LogP contribution in [0.5, 0.6) is 0 Å². The van der Waals surface area contributed by atoms with E-state index in [4.69, 9.17) is 0 Å². The van der Waals surface area contributed by atoms with Crippen molar-refractivity contribution in [1.82, 2.24) is 4.98 Å². The zero-order chi connectivity index (χ0) is 9.19.